The van der Waals surface area contributed by atoms with Gasteiger partial charge in [-0.1, -0.05) is 11.6 Å². The average molecular weight is 566 g/mol. The molecule has 0 radical (unpaired) electrons. The van der Waals surface area contributed by atoms with Crippen LogP contribution in [-0.4, -0.2) is 42.3 Å². The molecule has 0 unspecified atom stereocenters. The van der Waals surface area contributed by atoms with Crippen molar-refractivity contribution in [2.24, 2.45) is 0 Å². The molecule has 0 fully saturated rings. The lowest BCUT2D eigenvalue weighted by molar-refractivity contribution is -0.116. The third kappa shape index (κ3) is 6.85. The molecule has 1 aliphatic rings. The predicted octanol–water partition coefficient (Wildman–Crippen LogP) is 4.05. The largest absolute Gasteiger partial charge is 0.454 e. The first-order valence-corrected chi connectivity index (χ1v) is 14.8. The molecule has 0 saturated heterocycles. The van der Waals surface area contributed by atoms with Crippen LogP contribution >= 0.6 is 11.6 Å². The third-order valence-corrected chi connectivity index (χ3v) is 8.20. The van der Waals surface area contributed by atoms with Gasteiger partial charge in [-0.05, 0) is 67.1 Å². The Morgan fingerprint density at radius 2 is 1.57 bits per heavy atom. The normalized spacial score (nSPS) is 12.7. The summed E-state index contributed by atoms with van der Waals surface area (Å²) in [5.41, 5.74) is 1.19. The predicted molar refractivity (Wildman–Crippen MR) is 141 cm³/mol. The Bertz CT molecular complexity index is 1490. The number of hydrogen-bond donors (Lipinski definition) is 2. The molecule has 0 atom stereocenters. The number of halogens is 1. The summed E-state index contributed by atoms with van der Waals surface area (Å²) < 4.78 is 64.1. The van der Waals surface area contributed by atoms with Gasteiger partial charge in [0.15, 0.2) is 11.5 Å². The average Bonchev–Trinajstić information content (AvgIpc) is 3.31. The molecule has 0 bridgehead atoms. The molecule has 0 saturated carbocycles. The van der Waals surface area contributed by atoms with Crippen LogP contribution in [0.2, 0.25) is 5.02 Å². The zero-order valence-electron chi connectivity index (χ0n) is 19.7. The first kappa shape index (κ1) is 26.6. The number of anilines is 3. The molecular formula is C24H24ClN3O7S2. The number of carbonyl (C=O) groups is 1. The maximum Gasteiger partial charge on any atom is 0.261 e. The molecular weight excluding hydrogens is 542 g/mol. The van der Waals surface area contributed by atoms with E-state index >= 15 is 0 Å². The van der Waals surface area contributed by atoms with E-state index in [1.165, 1.54) is 28.6 Å². The Morgan fingerprint density at radius 1 is 0.919 bits per heavy atom. The highest BCUT2D eigenvalue weighted by Gasteiger charge is 2.22. The van der Waals surface area contributed by atoms with Crippen LogP contribution in [0.5, 0.6) is 11.5 Å². The van der Waals surface area contributed by atoms with E-state index < -0.39 is 20.0 Å². The maximum atomic E-state index is 12.6. The highest BCUT2D eigenvalue weighted by Crippen LogP contribution is 2.36. The van der Waals surface area contributed by atoms with Crippen LogP contribution in [0.4, 0.5) is 17.1 Å². The first-order chi connectivity index (χ1) is 17.5. The van der Waals surface area contributed by atoms with Crippen molar-refractivity contribution in [1.82, 2.24) is 0 Å². The van der Waals surface area contributed by atoms with E-state index in [1.54, 1.807) is 42.5 Å². The van der Waals surface area contributed by atoms with Crippen molar-refractivity contribution in [3.63, 3.8) is 0 Å². The second kappa shape index (κ2) is 10.9. The molecule has 2 N–H and O–H groups in total. The van der Waals surface area contributed by atoms with E-state index in [0.717, 1.165) is 6.26 Å². The fraction of sp³-hybridized carbons (Fsp3) is 0.208. The van der Waals surface area contributed by atoms with E-state index in [1.807, 2.05) is 0 Å². The monoisotopic (exact) mass is 565 g/mol. The molecule has 196 valence electrons. The van der Waals surface area contributed by atoms with Crippen molar-refractivity contribution >= 4 is 54.6 Å². The summed E-state index contributed by atoms with van der Waals surface area (Å²) in [6, 6.07) is 16.8. The van der Waals surface area contributed by atoms with Crippen LogP contribution < -0.4 is 23.8 Å². The second-order valence-electron chi connectivity index (χ2n) is 8.16. The summed E-state index contributed by atoms with van der Waals surface area (Å²) in [6.45, 7) is 0.156. The highest BCUT2D eigenvalue weighted by atomic mass is 35.5. The second-order valence-corrected chi connectivity index (χ2v) is 12.2. The molecule has 37 heavy (non-hydrogen) atoms. The fourth-order valence-electron chi connectivity index (χ4n) is 3.58. The van der Waals surface area contributed by atoms with Gasteiger partial charge < -0.3 is 14.8 Å². The molecule has 1 amide bonds. The van der Waals surface area contributed by atoms with Crippen molar-refractivity contribution in [2.45, 2.75) is 17.7 Å². The quantitative estimate of drug-likeness (QED) is 0.379. The van der Waals surface area contributed by atoms with Gasteiger partial charge in [0.2, 0.25) is 22.7 Å². The van der Waals surface area contributed by atoms with Gasteiger partial charge in [-0.25, -0.2) is 16.8 Å². The van der Waals surface area contributed by atoms with Gasteiger partial charge in [-0.3, -0.25) is 13.8 Å². The number of sulfonamides is 2. The first-order valence-electron chi connectivity index (χ1n) is 11.1. The Morgan fingerprint density at radius 3 is 2.24 bits per heavy atom. The standard InChI is InChI=1S/C24H24ClN3O7S2/c1-36(30,31)28(20-10-13-22-23(15-20)35-16-34-22)14-2-3-24(29)26-18-8-11-21(12-9-18)37(32,33)27-19-6-4-17(25)5-7-19/h4-13,15,27H,2-3,14,16H2,1H3,(H,26,29). The van der Waals surface area contributed by atoms with Crippen LogP contribution in [0.3, 0.4) is 0 Å². The van der Waals surface area contributed by atoms with Crippen LogP contribution in [0, 0.1) is 0 Å². The zero-order chi connectivity index (χ0) is 26.6. The summed E-state index contributed by atoms with van der Waals surface area (Å²) >= 11 is 5.82. The number of ether oxygens (including phenoxy) is 2. The Kier molecular flexibility index (Phi) is 7.81. The van der Waals surface area contributed by atoms with Gasteiger partial charge >= 0.3 is 0 Å². The van der Waals surface area contributed by atoms with Gasteiger partial charge in [0.25, 0.3) is 10.0 Å². The van der Waals surface area contributed by atoms with E-state index in [4.69, 9.17) is 21.1 Å². The van der Waals surface area contributed by atoms with Crippen molar-refractivity contribution in [3.8, 4) is 11.5 Å². The van der Waals surface area contributed by atoms with E-state index in [0.29, 0.717) is 33.6 Å². The lowest BCUT2D eigenvalue weighted by Crippen LogP contribution is -2.31. The number of hydrogen-bond acceptors (Lipinski definition) is 7. The summed E-state index contributed by atoms with van der Waals surface area (Å²) in [5.74, 6) is 0.655. The number of nitrogens with zero attached hydrogens (tertiary/aromatic N) is 1. The summed E-state index contributed by atoms with van der Waals surface area (Å²) in [4.78, 5) is 12.4. The topological polar surface area (TPSA) is 131 Å². The molecule has 3 aromatic rings. The molecule has 0 aliphatic carbocycles. The minimum Gasteiger partial charge on any atom is -0.454 e. The molecule has 1 heterocycles. The van der Waals surface area contributed by atoms with Gasteiger partial charge in [0, 0.05) is 35.4 Å². The summed E-state index contributed by atoms with van der Waals surface area (Å²) in [7, 11) is -7.42. The smallest absolute Gasteiger partial charge is 0.261 e. The third-order valence-electron chi connectivity index (χ3n) is 5.35. The number of benzene rings is 3. The van der Waals surface area contributed by atoms with Gasteiger partial charge in [-0.15, -0.1) is 0 Å². The number of nitrogens with one attached hydrogen (secondary N) is 2. The van der Waals surface area contributed by atoms with Crippen molar-refractivity contribution in [3.05, 3.63) is 71.8 Å². The summed E-state index contributed by atoms with van der Waals surface area (Å²) in [6.07, 6.45) is 1.40. The minimum atomic E-state index is -3.82. The van der Waals surface area contributed by atoms with Crippen molar-refractivity contribution in [2.75, 3.05) is 33.9 Å². The van der Waals surface area contributed by atoms with Crippen LogP contribution in [0.15, 0.2) is 71.6 Å². The maximum absolute atomic E-state index is 12.6. The number of fused-ring (bicyclic) bond motifs is 1. The van der Waals surface area contributed by atoms with Gasteiger partial charge in [0.05, 0.1) is 16.8 Å². The Hall–Kier alpha value is -3.48. The van der Waals surface area contributed by atoms with Gasteiger partial charge in [0.1, 0.15) is 0 Å². The van der Waals surface area contributed by atoms with Crippen LogP contribution in [0.25, 0.3) is 0 Å². The molecule has 0 spiro atoms. The van der Waals surface area contributed by atoms with Crippen molar-refractivity contribution < 1.29 is 31.1 Å². The van der Waals surface area contributed by atoms with E-state index in [2.05, 4.69) is 10.0 Å². The summed E-state index contributed by atoms with van der Waals surface area (Å²) in [5, 5.41) is 3.18. The highest BCUT2D eigenvalue weighted by molar-refractivity contribution is 7.92. The lowest BCUT2D eigenvalue weighted by Gasteiger charge is -2.22. The lowest BCUT2D eigenvalue weighted by atomic mass is 10.2. The number of rotatable bonds is 10. The van der Waals surface area contributed by atoms with Crippen molar-refractivity contribution in [1.29, 1.82) is 0 Å². The van der Waals surface area contributed by atoms with Crippen LogP contribution in [-0.2, 0) is 24.8 Å². The fourth-order valence-corrected chi connectivity index (χ4v) is 5.72. The molecule has 0 aromatic heterocycles. The van der Waals surface area contributed by atoms with Gasteiger partial charge in [-0.2, -0.15) is 0 Å². The van der Waals surface area contributed by atoms with E-state index in [9.17, 15) is 21.6 Å². The molecule has 3 aromatic carbocycles. The van der Waals surface area contributed by atoms with E-state index in [-0.39, 0.29) is 37.0 Å². The zero-order valence-corrected chi connectivity index (χ0v) is 22.1. The minimum absolute atomic E-state index is 0.0213. The molecule has 4 rings (SSSR count). The Balaban J connectivity index is 1.32. The van der Waals surface area contributed by atoms with Crippen LogP contribution in [0.1, 0.15) is 12.8 Å². The molecule has 1 aliphatic heterocycles. The number of carbonyl (C=O) groups excluding carboxylic acids is 1. The Labute approximate surface area is 220 Å². The number of amides is 1. The molecule has 13 heteroatoms. The molecule has 10 nitrogen and oxygen atoms in total. The SMILES string of the molecule is CS(=O)(=O)N(CCCC(=O)Nc1ccc(S(=O)(=O)Nc2ccc(Cl)cc2)cc1)c1ccc2c(c1)OCO2.